The number of hydrogen-bond acceptors (Lipinski definition) is 4. The maximum atomic E-state index is 11.6. The van der Waals surface area contributed by atoms with Crippen molar-refractivity contribution in [1.29, 1.82) is 0 Å². The van der Waals surface area contributed by atoms with E-state index in [9.17, 15) is 4.79 Å². The highest BCUT2D eigenvalue weighted by atomic mass is 35.5. The molecule has 0 aliphatic carbocycles. The summed E-state index contributed by atoms with van der Waals surface area (Å²) in [5, 5.41) is 0.418. The van der Waals surface area contributed by atoms with Crippen molar-refractivity contribution in [1.82, 2.24) is 0 Å². The van der Waals surface area contributed by atoms with Crippen LogP contribution in [-0.2, 0) is 9.53 Å². The summed E-state index contributed by atoms with van der Waals surface area (Å²) in [7, 11) is 0. The number of ether oxygens (including phenoxy) is 2. The molecule has 4 nitrogen and oxygen atoms in total. The first-order valence-corrected chi connectivity index (χ1v) is 5.84. The maximum absolute atomic E-state index is 11.6. The van der Waals surface area contributed by atoms with Gasteiger partial charge in [0.15, 0.2) is 6.10 Å². The number of halogens is 1. The molecule has 0 heterocycles. The molecule has 0 fully saturated rings. The summed E-state index contributed by atoms with van der Waals surface area (Å²) in [6.45, 7) is 3.91. The Labute approximate surface area is 106 Å². The minimum absolute atomic E-state index is 0.323. The molecule has 0 aromatic heterocycles. The predicted octanol–water partition coefficient (Wildman–Crippen LogP) is 2.64. The van der Waals surface area contributed by atoms with Crippen molar-refractivity contribution in [2.75, 3.05) is 12.3 Å². The number of carbonyl (C=O) groups excluding carboxylic acids is 1. The molecule has 1 aromatic rings. The highest BCUT2D eigenvalue weighted by Gasteiger charge is 2.20. The molecule has 0 saturated heterocycles. The van der Waals surface area contributed by atoms with Crippen LogP contribution in [-0.4, -0.2) is 18.7 Å². The van der Waals surface area contributed by atoms with Crippen LogP contribution in [0.2, 0.25) is 5.02 Å². The molecule has 1 atom stereocenters. The average molecular weight is 258 g/mol. The molecule has 0 saturated carbocycles. The number of nitrogens with two attached hydrogens (primary N) is 1. The third kappa shape index (κ3) is 3.82. The van der Waals surface area contributed by atoms with Crippen molar-refractivity contribution >= 4 is 23.3 Å². The predicted molar refractivity (Wildman–Crippen MR) is 67.2 cm³/mol. The lowest BCUT2D eigenvalue weighted by molar-refractivity contribution is -0.151. The molecular weight excluding hydrogens is 242 g/mol. The Morgan fingerprint density at radius 1 is 1.47 bits per heavy atom. The maximum Gasteiger partial charge on any atom is 0.347 e. The van der Waals surface area contributed by atoms with E-state index < -0.39 is 12.1 Å². The van der Waals surface area contributed by atoms with E-state index in [1.807, 2.05) is 6.92 Å². The summed E-state index contributed by atoms with van der Waals surface area (Å²) in [4.78, 5) is 11.6. The molecule has 0 bridgehead atoms. The lowest BCUT2D eigenvalue weighted by Crippen LogP contribution is -2.28. The number of nitrogen functional groups attached to an aromatic ring is 1. The molecule has 5 heteroatoms. The van der Waals surface area contributed by atoms with Crippen LogP contribution in [0.5, 0.6) is 5.75 Å². The fourth-order valence-electron chi connectivity index (χ4n) is 1.30. The van der Waals surface area contributed by atoms with E-state index in [1.165, 1.54) is 0 Å². The number of benzene rings is 1. The summed E-state index contributed by atoms with van der Waals surface area (Å²) in [6.07, 6.45) is -0.154. The van der Waals surface area contributed by atoms with Gasteiger partial charge in [-0.25, -0.2) is 4.79 Å². The second-order valence-corrected chi connectivity index (χ2v) is 3.86. The summed E-state index contributed by atoms with van der Waals surface area (Å²) >= 11 is 5.95. The molecule has 0 radical (unpaired) electrons. The van der Waals surface area contributed by atoms with Crippen molar-refractivity contribution in [2.24, 2.45) is 0 Å². The molecule has 1 rings (SSSR count). The van der Waals surface area contributed by atoms with Crippen molar-refractivity contribution in [3.63, 3.8) is 0 Å². The van der Waals surface area contributed by atoms with E-state index in [0.717, 1.165) is 0 Å². The van der Waals surface area contributed by atoms with Crippen LogP contribution in [0.3, 0.4) is 0 Å². The molecule has 94 valence electrons. The Morgan fingerprint density at radius 2 is 2.18 bits per heavy atom. The minimum atomic E-state index is -0.658. The average Bonchev–Trinajstić information content (AvgIpc) is 2.30. The zero-order valence-electron chi connectivity index (χ0n) is 9.90. The van der Waals surface area contributed by atoms with Gasteiger partial charge in [-0.1, -0.05) is 18.5 Å². The molecule has 0 aliphatic heterocycles. The first-order chi connectivity index (χ1) is 8.08. The molecular formula is C12H16ClNO3. The van der Waals surface area contributed by atoms with Gasteiger partial charge in [0.05, 0.1) is 11.6 Å². The molecule has 0 spiro atoms. The highest BCUT2D eigenvalue weighted by molar-refractivity contribution is 6.32. The summed E-state index contributed by atoms with van der Waals surface area (Å²) < 4.78 is 10.4. The molecule has 0 amide bonds. The van der Waals surface area contributed by atoms with Gasteiger partial charge in [-0.05, 0) is 25.5 Å². The zero-order chi connectivity index (χ0) is 12.8. The van der Waals surface area contributed by atoms with E-state index in [4.69, 9.17) is 26.8 Å². The number of rotatable bonds is 5. The second-order valence-electron chi connectivity index (χ2n) is 3.46. The summed E-state index contributed by atoms with van der Waals surface area (Å²) in [5.41, 5.74) is 6.16. The fourth-order valence-corrected chi connectivity index (χ4v) is 1.46. The number of carbonyl (C=O) groups is 1. The van der Waals surface area contributed by atoms with Gasteiger partial charge in [-0.15, -0.1) is 0 Å². The van der Waals surface area contributed by atoms with E-state index in [2.05, 4.69) is 0 Å². The summed E-state index contributed by atoms with van der Waals surface area (Å²) in [5.74, 6) is 0.0000564. The van der Waals surface area contributed by atoms with Gasteiger partial charge < -0.3 is 15.2 Å². The standard InChI is InChI=1S/C12H16ClNO3/c1-3-10(12(15)16-4-2)17-11-7-8(14)5-6-9(11)13/h5-7,10H,3-4,14H2,1-2H3. The lowest BCUT2D eigenvalue weighted by Gasteiger charge is -2.17. The van der Waals surface area contributed by atoms with Crippen molar-refractivity contribution < 1.29 is 14.3 Å². The molecule has 1 unspecified atom stereocenters. The number of esters is 1. The lowest BCUT2D eigenvalue weighted by atomic mass is 10.2. The molecule has 17 heavy (non-hydrogen) atoms. The first-order valence-electron chi connectivity index (χ1n) is 5.46. The van der Waals surface area contributed by atoms with Gasteiger partial charge in [0.1, 0.15) is 5.75 Å². The second kappa shape index (κ2) is 6.35. The topological polar surface area (TPSA) is 61.5 Å². The number of hydrogen-bond donors (Lipinski definition) is 1. The van der Waals surface area contributed by atoms with Gasteiger partial charge >= 0.3 is 5.97 Å². The fraction of sp³-hybridized carbons (Fsp3) is 0.417. The monoisotopic (exact) mass is 257 g/mol. The van der Waals surface area contributed by atoms with Crippen molar-refractivity contribution in [3.05, 3.63) is 23.2 Å². The molecule has 1 aromatic carbocycles. The van der Waals surface area contributed by atoms with Crippen LogP contribution in [0.25, 0.3) is 0 Å². The van der Waals surface area contributed by atoms with Crippen LogP contribution in [0.4, 0.5) is 5.69 Å². The third-order valence-electron chi connectivity index (χ3n) is 2.14. The van der Waals surface area contributed by atoms with Gasteiger partial charge in [-0.3, -0.25) is 0 Å². The van der Waals surface area contributed by atoms with Gasteiger partial charge in [-0.2, -0.15) is 0 Å². The highest BCUT2D eigenvalue weighted by Crippen LogP contribution is 2.28. The van der Waals surface area contributed by atoms with Gasteiger partial charge in [0.25, 0.3) is 0 Å². The van der Waals surface area contributed by atoms with E-state index in [1.54, 1.807) is 25.1 Å². The Hall–Kier alpha value is -1.42. The van der Waals surface area contributed by atoms with E-state index >= 15 is 0 Å². The van der Waals surface area contributed by atoms with Crippen LogP contribution >= 0.6 is 11.6 Å². The summed E-state index contributed by atoms with van der Waals surface area (Å²) in [6, 6.07) is 4.88. The van der Waals surface area contributed by atoms with E-state index in [0.29, 0.717) is 29.5 Å². The largest absolute Gasteiger partial charge is 0.477 e. The first kappa shape index (κ1) is 13.6. The van der Waals surface area contributed by atoms with Gasteiger partial charge in [0, 0.05) is 11.8 Å². The Bertz CT molecular complexity index is 395. The van der Waals surface area contributed by atoms with Crippen LogP contribution in [0.15, 0.2) is 18.2 Å². The van der Waals surface area contributed by atoms with Crippen molar-refractivity contribution in [2.45, 2.75) is 26.4 Å². The number of anilines is 1. The van der Waals surface area contributed by atoms with Crippen molar-refractivity contribution in [3.8, 4) is 5.75 Å². The Balaban J connectivity index is 2.80. The normalized spacial score (nSPS) is 11.9. The Morgan fingerprint density at radius 3 is 2.76 bits per heavy atom. The quantitative estimate of drug-likeness (QED) is 0.651. The molecule has 2 N–H and O–H groups in total. The molecule has 0 aliphatic rings. The minimum Gasteiger partial charge on any atom is -0.477 e. The Kier molecular flexibility index (Phi) is 5.10. The smallest absolute Gasteiger partial charge is 0.347 e. The van der Waals surface area contributed by atoms with E-state index in [-0.39, 0.29) is 0 Å². The zero-order valence-corrected chi connectivity index (χ0v) is 10.7. The van der Waals surface area contributed by atoms with Crippen LogP contribution in [0.1, 0.15) is 20.3 Å². The SMILES string of the molecule is CCOC(=O)C(CC)Oc1cc(N)ccc1Cl. The van der Waals surface area contributed by atoms with Crippen LogP contribution < -0.4 is 10.5 Å². The third-order valence-corrected chi connectivity index (χ3v) is 2.46. The van der Waals surface area contributed by atoms with Gasteiger partial charge in [0.2, 0.25) is 0 Å². The van der Waals surface area contributed by atoms with Crippen LogP contribution in [0, 0.1) is 0 Å².